The van der Waals surface area contributed by atoms with Crippen molar-refractivity contribution in [2.75, 3.05) is 7.11 Å². The van der Waals surface area contributed by atoms with Crippen molar-refractivity contribution in [2.45, 2.75) is 6.54 Å². The molecular weight excluding hydrogens is 244 g/mol. The van der Waals surface area contributed by atoms with Crippen LogP contribution < -0.4 is 11.0 Å². The minimum Gasteiger partial charge on any atom is -0.310 e. The molecule has 2 rings (SSSR count). The summed E-state index contributed by atoms with van der Waals surface area (Å²) in [4.78, 5) is 28.3. The van der Waals surface area contributed by atoms with Gasteiger partial charge in [0.1, 0.15) is 5.56 Å². The van der Waals surface area contributed by atoms with Crippen LogP contribution in [0.25, 0.3) is 0 Å². The van der Waals surface area contributed by atoms with Crippen LogP contribution in [0.15, 0.2) is 53.5 Å². The van der Waals surface area contributed by atoms with E-state index in [0.29, 0.717) is 6.54 Å². The van der Waals surface area contributed by atoms with E-state index in [2.05, 4.69) is 10.3 Å². The molecule has 0 saturated carbocycles. The number of benzene rings is 1. The van der Waals surface area contributed by atoms with Gasteiger partial charge >= 0.3 is 0 Å². The Hall–Kier alpha value is -2.40. The molecule has 1 aromatic carbocycles. The summed E-state index contributed by atoms with van der Waals surface area (Å²) in [6, 6.07) is 12.7. The summed E-state index contributed by atoms with van der Waals surface area (Å²) in [6.07, 6.45) is 1.65. The van der Waals surface area contributed by atoms with Crippen molar-refractivity contribution in [3.05, 3.63) is 70.1 Å². The Morgan fingerprint density at radius 1 is 1.21 bits per heavy atom. The van der Waals surface area contributed by atoms with Crippen LogP contribution in [-0.4, -0.2) is 17.6 Å². The molecule has 1 aromatic heterocycles. The second-order valence-electron chi connectivity index (χ2n) is 3.98. The first-order valence-corrected chi connectivity index (χ1v) is 5.79. The predicted molar refractivity (Wildman–Crippen MR) is 70.7 cm³/mol. The Labute approximate surface area is 110 Å². The first-order chi connectivity index (χ1) is 9.22. The Balaban J connectivity index is 2.30. The van der Waals surface area contributed by atoms with Crippen LogP contribution in [0.4, 0.5) is 0 Å². The molecule has 2 aromatic rings. The summed E-state index contributed by atoms with van der Waals surface area (Å²) in [5.41, 5.74) is 2.85. The van der Waals surface area contributed by atoms with E-state index in [0.717, 1.165) is 5.56 Å². The molecule has 0 aliphatic carbocycles. The summed E-state index contributed by atoms with van der Waals surface area (Å²) in [6.45, 7) is 0.424. The molecule has 98 valence electrons. The highest BCUT2D eigenvalue weighted by molar-refractivity contribution is 5.92. The molecule has 0 saturated heterocycles. The molecular formula is C14H14N2O3. The van der Waals surface area contributed by atoms with Crippen molar-refractivity contribution in [2.24, 2.45) is 0 Å². The number of hydroxylamine groups is 1. The van der Waals surface area contributed by atoms with Crippen LogP contribution in [0, 0.1) is 0 Å². The van der Waals surface area contributed by atoms with Gasteiger partial charge in [-0.25, -0.2) is 5.48 Å². The molecule has 1 N–H and O–H groups in total. The topological polar surface area (TPSA) is 60.3 Å². The van der Waals surface area contributed by atoms with Crippen molar-refractivity contribution < 1.29 is 9.63 Å². The SMILES string of the molecule is CONC(=O)c1cccn(Cc2ccccc2)c1=O. The van der Waals surface area contributed by atoms with E-state index in [-0.39, 0.29) is 11.1 Å². The predicted octanol–water partition coefficient (Wildman–Crippen LogP) is 1.19. The monoisotopic (exact) mass is 258 g/mol. The number of nitrogens with one attached hydrogen (secondary N) is 1. The van der Waals surface area contributed by atoms with Gasteiger partial charge in [0.15, 0.2) is 0 Å². The van der Waals surface area contributed by atoms with E-state index in [1.165, 1.54) is 17.7 Å². The van der Waals surface area contributed by atoms with Crippen LogP contribution in [-0.2, 0) is 11.4 Å². The Morgan fingerprint density at radius 3 is 2.63 bits per heavy atom. The molecule has 5 nitrogen and oxygen atoms in total. The lowest BCUT2D eigenvalue weighted by molar-refractivity contribution is 0.0535. The highest BCUT2D eigenvalue weighted by Crippen LogP contribution is 2.01. The van der Waals surface area contributed by atoms with Gasteiger partial charge in [0.2, 0.25) is 0 Å². The minimum atomic E-state index is -0.546. The average molecular weight is 258 g/mol. The number of carbonyl (C=O) groups is 1. The number of nitrogens with zero attached hydrogens (tertiary/aromatic N) is 1. The second kappa shape index (κ2) is 5.97. The highest BCUT2D eigenvalue weighted by Gasteiger charge is 2.11. The molecule has 0 aliphatic rings. The summed E-state index contributed by atoms with van der Waals surface area (Å²) < 4.78 is 1.49. The fourth-order valence-corrected chi connectivity index (χ4v) is 1.76. The molecule has 0 radical (unpaired) electrons. The van der Waals surface area contributed by atoms with E-state index >= 15 is 0 Å². The molecule has 0 fully saturated rings. The van der Waals surface area contributed by atoms with Crippen molar-refractivity contribution >= 4 is 5.91 Å². The third-order valence-corrected chi connectivity index (χ3v) is 2.66. The van der Waals surface area contributed by atoms with Crippen molar-refractivity contribution in [1.82, 2.24) is 10.0 Å². The van der Waals surface area contributed by atoms with Crippen LogP contribution in [0.2, 0.25) is 0 Å². The van der Waals surface area contributed by atoms with Crippen LogP contribution >= 0.6 is 0 Å². The third-order valence-electron chi connectivity index (χ3n) is 2.66. The molecule has 1 amide bonds. The molecule has 0 bridgehead atoms. The Morgan fingerprint density at radius 2 is 1.95 bits per heavy atom. The number of hydrogen-bond acceptors (Lipinski definition) is 3. The van der Waals surface area contributed by atoms with Gasteiger partial charge in [0.25, 0.3) is 11.5 Å². The Bertz CT molecular complexity index is 620. The average Bonchev–Trinajstić information content (AvgIpc) is 2.42. The smallest absolute Gasteiger partial charge is 0.280 e. The fraction of sp³-hybridized carbons (Fsp3) is 0.143. The molecule has 0 atom stereocenters. The standard InChI is InChI=1S/C14H14N2O3/c1-19-15-13(17)12-8-5-9-16(14(12)18)10-11-6-3-2-4-7-11/h2-9H,10H2,1H3,(H,15,17). The number of carbonyl (C=O) groups excluding carboxylic acids is 1. The number of rotatable bonds is 4. The van der Waals surface area contributed by atoms with E-state index < -0.39 is 5.91 Å². The first kappa shape index (κ1) is 13.0. The van der Waals surface area contributed by atoms with Gasteiger partial charge in [-0.1, -0.05) is 30.3 Å². The summed E-state index contributed by atoms with van der Waals surface area (Å²) in [7, 11) is 1.32. The van der Waals surface area contributed by atoms with Crippen LogP contribution in [0.5, 0.6) is 0 Å². The van der Waals surface area contributed by atoms with Gasteiger partial charge in [-0.05, 0) is 17.7 Å². The van der Waals surface area contributed by atoms with Crippen molar-refractivity contribution in [1.29, 1.82) is 0 Å². The second-order valence-corrected chi connectivity index (χ2v) is 3.98. The lowest BCUT2D eigenvalue weighted by Gasteiger charge is -2.08. The fourth-order valence-electron chi connectivity index (χ4n) is 1.76. The molecule has 1 heterocycles. The lowest BCUT2D eigenvalue weighted by atomic mass is 10.2. The maximum atomic E-state index is 12.1. The molecule has 19 heavy (non-hydrogen) atoms. The molecule has 0 spiro atoms. The van der Waals surface area contributed by atoms with Gasteiger partial charge in [-0.3, -0.25) is 14.4 Å². The molecule has 0 unspecified atom stereocenters. The largest absolute Gasteiger partial charge is 0.310 e. The molecule has 5 heteroatoms. The number of aromatic nitrogens is 1. The zero-order chi connectivity index (χ0) is 13.7. The van der Waals surface area contributed by atoms with Crippen molar-refractivity contribution in [3.8, 4) is 0 Å². The van der Waals surface area contributed by atoms with E-state index in [1.54, 1.807) is 12.3 Å². The van der Waals surface area contributed by atoms with E-state index in [9.17, 15) is 9.59 Å². The van der Waals surface area contributed by atoms with E-state index in [4.69, 9.17) is 0 Å². The van der Waals surface area contributed by atoms with Crippen molar-refractivity contribution in [3.63, 3.8) is 0 Å². The van der Waals surface area contributed by atoms with Gasteiger partial charge in [-0.2, -0.15) is 0 Å². The zero-order valence-corrected chi connectivity index (χ0v) is 10.5. The van der Waals surface area contributed by atoms with Crippen LogP contribution in [0.3, 0.4) is 0 Å². The maximum Gasteiger partial charge on any atom is 0.280 e. The van der Waals surface area contributed by atoms with Gasteiger partial charge in [0.05, 0.1) is 13.7 Å². The quantitative estimate of drug-likeness (QED) is 0.838. The first-order valence-electron chi connectivity index (χ1n) is 5.79. The van der Waals surface area contributed by atoms with Gasteiger partial charge in [0, 0.05) is 6.20 Å². The summed E-state index contributed by atoms with van der Waals surface area (Å²) in [5.74, 6) is -0.546. The summed E-state index contributed by atoms with van der Waals surface area (Å²) in [5, 5.41) is 0. The summed E-state index contributed by atoms with van der Waals surface area (Å²) >= 11 is 0. The zero-order valence-electron chi connectivity index (χ0n) is 10.5. The number of hydrogen-bond donors (Lipinski definition) is 1. The Kier molecular flexibility index (Phi) is 4.10. The highest BCUT2D eigenvalue weighted by atomic mass is 16.6. The number of pyridine rings is 1. The third kappa shape index (κ3) is 3.08. The lowest BCUT2D eigenvalue weighted by Crippen LogP contribution is -2.32. The molecule has 0 aliphatic heterocycles. The normalized spacial score (nSPS) is 10.2. The minimum absolute atomic E-state index is 0.0558. The van der Waals surface area contributed by atoms with Gasteiger partial charge < -0.3 is 4.57 Å². The van der Waals surface area contributed by atoms with Gasteiger partial charge in [-0.15, -0.1) is 0 Å². The van der Waals surface area contributed by atoms with Crippen LogP contribution in [0.1, 0.15) is 15.9 Å². The number of amides is 1. The van der Waals surface area contributed by atoms with E-state index in [1.807, 2.05) is 30.3 Å². The maximum absolute atomic E-state index is 12.1.